The van der Waals surface area contributed by atoms with Gasteiger partial charge in [0.05, 0.1) is 23.3 Å². The van der Waals surface area contributed by atoms with Crippen LogP contribution in [0.4, 0.5) is 0 Å². The lowest BCUT2D eigenvalue weighted by atomic mass is 10.1. The number of nitrogens with two attached hydrogens (primary N) is 1. The Morgan fingerprint density at radius 3 is 2.71 bits per heavy atom. The van der Waals surface area contributed by atoms with Gasteiger partial charge >= 0.3 is 0 Å². The molecule has 2 rings (SSSR count). The van der Waals surface area contributed by atoms with Crippen LogP contribution in [0.25, 0.3) is 0 Å². The highest BCUT2D eigenvalue weighted by Crippen LogP contribution is 2.25. The van der Waals surface area contributed by atoms with E-state index in [2.05, 4.69) is 15.9 Å². The van der Waals surface area contributed by atoms with Crippen molar-refractivity contribution in [3.8, 4) is 5.75 Å². The number of halogens is 1. The van der Waals surface area contributed by atoms with Crippen LogP contribution in [0.2, 0.25) is 0 Å². The van der Waals surface area contributed by atoms with E-state index in [1.54, 1.807) is 6.26 Å². The van der Waals surface area contributed by atoms with Crippen molar-refractivity contribution in [2.24, 2.45) is 5.73 Å². The van der Waals surface area contributed by atoms with Crippen LogP contribution < -0.4 is 10.5 Å². The SMILES string of the molecule is NCC(COc1ccccc1Br)c1ccco1. The zero-order chi connectivity index (χ0) is 12.1. The van der Waals surface area contributed by atoms with Crippen molar-refractivity contribution >= 4 is 15.9 Å². The molecule has 0 saturated heterocycles. The number of hydrogen-bond donors (Lipinski definition) is 1. The zero-order valence-electron chi connectivity index (χ0n) is 9.30. The fraction of sp³-hybridized carbons (Fsp3) is 0.231. The fourth-order valence-corrected chi connectivity index (χ4v) is 1.94. The molecule has 0 aliphatic rings. The maximum atomic E-state index is 5.73. The van der Waals surface area contributed by atoms with E-state index in [9.17, 15) is 0 Å². The lowest BCUT2D eigenvalue weighted by Crippen LogP contribution is -2.19. The largest absolute Gasteiger partial charge is 0.492 e. The number of rotatable bonds is 5. The molecule has 1 aromatic heterocycles. The van der Waals surface area contributed by atoms with E-state index in [1.807, 2.05) is 36.4 Å². The summed E-state index contributed by atoms with van der Waals surface area (Å²) in [5.41, 5.74) is 5.71. The minimum atomic E-state index is 0.0807. The molecule has 4 heteroatoms. The van der Waals surface area contributed by atoms with Crippen LogP contribution in [-0.2, 0) is 0 Å². The van der Waals surface area contributed by atoms with Gasteiger partial charge in [-0.3, -0.25) is 0 Å². The fourth-order valence-electron chi connectivity index (χ4n) is 1.54. The first-order valence-corrected chi connectivity index (χ1v) is 6.21. The Morgan fingerprint density at radius 2 is 2.06 bits per heavy atom. The standard InChI is InChI=1S/C13H14BrNO2/c14-11-4-1-2-5-13(11)17-9-10(8-15)12-6-3-7-16-12/h1-7,10H,8-9,15H2. The summed E-state index contributed by atoms with van der Waals surface area (Å²) < 4.78 is 12.0. The second-order valence-corrected chi connectivity index (χ2v) is 4.54. The van der Waals surface area contributed by atoms with Gasteiger partial charge in [0, 0.05) is 6.54 Å². The summed E-state index contributed by atoms with van der Waals surface area (Å²) >= 11 is 3.44. The first kappa shape index (κ1) is 12.2. The van der Waals surface area contributed by atoms with Gasteiger partial charge in [0.25, 0.3) is 0 Å². The lowest BCUT2D eigenvalue weighted by Gasteiger charge is -2.14. The van der Waals surface area contributed by atoms with E-state index in [4.69, 9.17) is 14.9 Å². The first-order chi connectivity index (χ1) is 8.31. The van der Waals surface area contributed by atoms with Crippen molar-refractivity contribution < 1.29 is 9.15 Å². The Bertz CT molecular complexity index is 456. The molecule has 1 aromatic carbocycles. The average molecular weight is 296 g/mol. The van der Waals surface area contributed by atoms with Gasteiger partial charge in [-0.25, -0.2) is 0 Å². The molecule has 0 aliphatic heterocycles. The summed E-state index contributed by atoms with van der Waals surface area (Å²) in [6.07, 6.45) is 1.65. The molecule has 2 aromatic rings. The molecule has 90 valence electrons. The van der Waals surface area contributed by atoms with E-state index in [-0.39, 0.29) is 5.92 Å². The zero-order valence-corrected chi connectivity index (χ0v) is 10.9. The van der Waals surface area contributed by atoms with E-state index in [1.165, 1.54) is 0 Å². The molecule has 0 amide bonds. The van der Waals surface area contributed by atoms with Gasteiger partial charge < -0.3 is 14.9 Å². The molecular formula is C13H14BrNO2. The molecule has 0 spiro atoms. The number of furan rings is 1. The molecule has 0 saturated carbocycles. The highest BCUT2D eigenvalue weighted by Gasteiger charge is 2.13. The van der Waals surface area contributed by atoms with Crippen LogP contribution in [0.3, 0.4) is 0 Å². The van der Waals surface area contributed by atoms with Crippen molar-refractivity contribution in [1.82, 2.24) is 0 Å². The predicted octanol–water partition coefficient (Wildman–Crippen LogP) is 3.16. The van der Waals surface area contributed by atoms with E-state index < -0.39 is 0 Å². The van der Waals surface area contributed by atoms with E-state index in [0.29, 0.717) is 13.2 Å². The third-order valence-corrected chi connectivity index (χ3v) is 3.16. The van der Waals surface area contributed by atoms with Gasteiger partial charge in [-0.2, -0.15) is 0 Å². The number of benzene rings is 1. The summed E-state index contributed by atoms with van der Waals surface area (Å²) in [7, 11) is 0. The minimum absolute atomic E-state index is 0.0807. The van der Waals surface area contributed by atoms with Crippen molar-refractivity contribution in [3.63, 3.8) is 0 Å². The van der Waals surface area contributed by atoms with Gasteiger partial charge in [-0.05, 0) is 40.2 Å². The van der Waals surface area contributed by atoms with Gasteiger partial charge in [-0.15, -0.1) is 0 Å². The number of ether oxygens (including phenoxy) is 1. The summed E-state index contributed by atoms with van der Waals surface area (Å²) in [6.45, 7) is 1.00. The van der Waals surface area contributed by atoms with Crippen molar-refractivity contribution in [2.45, 2.75) is 5.92 Å². The molecule has 1 heterocycles. The Hall–Kier alpha value is -1.26. The first-order valence-electron chi connectivity index (χ1n) is 5.42. The molecule has 17 heavy (non-hydrogen) atoms. The number of para-hydroxylation sites is 1. The average Bonchev–Trinajstić information content (AvgIpc) is 2.86. The summed E-state index contributed by atoms with van der Waals surface area (Å²) in [4.78, 5) is 0. The van der Waals surface area contributed by atoms with Gasteiger partial charge in [0.1, 0.15) is 11.5 Å². The molecule has 0 bridgehead atoms. The molecule has 3 nitrogen and oxygen atoms in total. The highest BCUT2D eigenvalue weighted by molar-refractivity contribution is 9.10. The van der Waals surface area contributed by atoms with Crippen molar-refractivity contribution in [1.29, 1.82) is 0 Å². The Morgan fingerprint density at radius 1 is 1.24 bits per heavy atom. The van der Waals surface area contributed by atoms with E-state index in [0.717, 1.165) is 16.0 Å². The van der Waals surface area contributed by atoms with Gasteiger partial charge in [-0.1, -0.05) is 12.1 Å². The predicted molar refractivity (Wildman–Crippen MR) is 70.1 cm³/mol. The highest BCUT2D eigenvalue weighted by atomic mass is 79.9. The third-order valence-electron chi connectivity index (χ3n) is 2.51. The molecular weight excluding hydrogens is 282 g/mol. The maximum absolute atomic E-state index is 5.73. The van der Waals surface area contributed by atoms with Gasteiger partial charge in [0.15, 0.2) is 0 Å². The van der Waals surface area contributed by atoms with E-state index >= 15 is 0 Å². The monoisotopic (exact) mass is 295 g/mol. The van der Waals surface area contributed by atoms with Crippen LogP contribution in [0.1, 0.15) is 11.7 Å². The second-order valence-electron chi connectivity index (χ2n) is 3.69. The normalized spacial score (nSPS) is 12.4. The van der Waals surface area contributed by atoms with Crippen LogP contribution in [-0.4, -0.2) is 13.2 Å². The molecule has 1 unspecified atom stereocenters. The lowest BCUT2D eigenvalue weighted by molar-refractivity contribution is 0.271. The molecule has 0 aliphatic carbocycles. The Balaban J connectivity index is 2.00. The van der Waals surface area contributed by atoms with Crippen LogP contribution in [0, 0.1) is 0 Å². The molecule has 1 atom stereocenters. The van der Waals surface area contributed by atoms with Gasteiger partial charge in [0.2, 0.25) is 0 Å². The smallest absolute Gasteiger partial charge is 0.133 e. The van der Waals surface area contributed by atoms with Crippen molar-refractivity contribution in [3.05, 3.63) is 52.9 Å². The maximum Gasteiger partial charge on any atom is 0.133 e. The van der Waals surface area contributed by atoms with Crippen LogP contribution in [0.15, 0.2) is 51.6 Å². The van der Waals surface area contributed by atoms with Crippen molar-refractivity contribution in [2.75, 3.05) is 13.2 Å². The second kappa shape index (κ2) is 5.89. The number of hydrogen-bond acceptors (Lipinski definition) is 3. The topological polar surface area (TPSA) is 48.4 Å². The summed E-state index contributed by atoms with van der Waals surface area (Å²) in [6, 6.07) is 11.5. The Kier molecular flexibility index (Phi) is 4.23. The van der Waals surface area contributed by atoms with Crippen LogP contribution >= 0.6 is 15.9 Å². The van der Waals surface area contributed by atoms with Crippen LogP contribution in [0.5, 0.6) is 5.75 Å². The molecule has 0 fully saturated rings. The summed E-state index contributed by atoms with van der Waals surface area (Å²) in [5, 5.41) is 0. The summed E-state index contributed by atoms with van der Waals surface area (Å²) in [5.74, 6) is 1.76. The minimum Gasteiger partial charge on any atom is -0.492 e. The quantitative estimate of drug-likeness (QED) is 0.922. The Labute approximate surface area is 109 Å². The third kappa shape index (κ3) is 3.11. The molecule has 2 N–H and O–H groups in total. The molecule has 0 radical (unpaired) electrons.